The third-order valence-corrected chi connectivity index (χ3v) is 4.60. The lowest BCUT2D eigenvalue weighted by Crippen LogP contribution is -2.52. The summed E-state index contributed by atoms with van der Waals surface area (Å²) in [6, 6.07) is 8.27. The van der Waals surface area contributed by atoms with Crippen LogP contribution in [0.25, 0.3) is 0 Å². The quantitative estimate of drug-likeness (QED) is 0.416. The average Bonchev–Trinajstić information content (AvgIpc) is 2.70. The molecular formula is C20H34N4O2. The van der Waals surface area contributed by atoms with Crippen molar-refractivity contribution in [3.63, 3.8) is 0 Å². The predicted octanol–water partition coefficient (Wildman–Crippen LogP) is 2.60. The van der Waals surface area contributed by atoms with Gasteiger partial charge in [0.1, 0.15) is 5.75 Å². The SMILES string of the molecule is CCCCOCCCNC(=NC)N1CCN(c2cccc(OC)c2)CC1. The smallest absolute Gasteiger partial charge is 0.193 e. The Bertz CT molecular complexity index is 542. The molecule has 1 fully saturated rings. The summed E-state index contributed by atoms with van der Waals surface area (Å²) < 4.78 is 10.9. The van der Waals surface area contributed by atoms with Gasteiger partial charge in [0.25, 0.3) is 0 Å². The van der Waals surface area contributed by atoms with Crippen molar-refractivity contribution in [2.75, 3.05) is 65.0 Å². The van der Waals surface area contributed by atoms with Crippen LogP contribution in [0.3, 0.4) is 0 Å². The Hall–Kier alpha value is -1.95. The van der Waals surface area contributed by atoms with Crippen molar-refractivity contribution < 1.29 is 9.47 Å². The molecule has 146 valence electrons. The number of nitrogens with zero attached hydrogens (tertiary/aromatic N) is 3. The second-order valence-corrected chi connectivity index (χ2v) is 6.47. The number of hydrogen-bond acceptors (Lipinski definition) is 4. The first-order chi connectivity index (χ1) is 12.8. The highest BCUT2D eigenvalue weighted by Gasteiger charge is 2.19. The molecule has 0 aromatic heterocycles. The van der Waals surface area contributed by atoms with E-state index in [0.717, 1.165) is 70.5 Å². The molecule has 1 N–H and O–H groups in total. The van der Waals surface area contributed by atoms with Gasteiger partial charge in [-0.1, -0.05) is 19.4 Å². The lowest BCUT2D eigenvalue weighted by atomic mass is 10.2. The zero-order valence-corrected chi connectivity index (χ0v) is 16.5. The summed E-state index contributed by atoms with van der Waals surface area (Å²) >= 11 is 0. The number of ether oxygens (including phenoxy) is 2. The van der Waals surface area contributed by atoms with Gasteiger partial charge >= 0.3 is 0 Å². The minimum atomic E-state index is 0.813. The molecule has 0 atom stereocenters. The fourth-order valence-corrected chi connectivity index (χ4v) is 3.04. The van der Waals surface area contributed by atoms with Crippen LogP contribution in [0, 0.1) is 0 Å². The van der Waals surface area contributed by atoms with Gasteiger partial charge in [0, 0.05) is 64.7 Å². The number of methoxy groups -OCH3 is 1. The number of rotatable bonds is 9. The lowest BCUT2D eigenvalue weighted by Gasteiger charge is -2.37. The summed E-state index contributed by atoms with van der Waals surface area (Å²) in [6.45, 7) is 8.65. The van der Waals surface area contributed by atoms with E-state index in [2.05, 4.69) is 39.2 Å². The van der Waals surface area contributed by atoms with Gasteiger partial charge in [-0.15, -0.1) is 0 Å². The van der Waals surface area contributed by atoms with E-state index in [0.29, 0.717) is 0 Å². The molecule has 0 amide bonds. The maximum atomic E-state index is 5.61. The van der Waals surface area contributed by atoms with Gasteiger partial charge in [-0.2, -0.15) is 0 Å². The number of guanidine groups is 1. The molecule has 0 saturated carbocycles. The Morgan fingerprint density at radius 1 is 1.15 bits per heavy atom. The number of hydrogen-bond donors (Lipinski definition) is 1. The highest BCUT2D eigenvalue weighted by atomic mass is 16.5. The van der Waals surface area contributed by atoms with Crippen molar-refractivity contribution in [2.24, 2.45) is 4.99 Å². The minimum absolute atomic E-state index is 0.813. The summed E-state index contributed by atoms with van der Waals surface area (Å²) in [5, 5.41) is 3.46. The van der Waals surface area contributed by atoms with Crippen molar-refractivity contribution in [2.45, 2.75) is 26.2 Å². The first-order valence-corrected chi connectivity index (χ1v) is 9.70. The van der Waals surface area contributed by atoms with Gasteiger partial charge in [-0.3, -0.25) is 4.99 Å². The molecule has 1 aliphatic rings. The van der Waals surface area contributed by atoms with Crippen LogP contribution >= 0.6 is 0 Å². The van der Waals surface area contributed by atoms with E-state index in [1.165, 1.54) is 12.1 Å². The van der Waals surface area contributed by atoms with Crippen molar-refractivity contribution in [3.8, 4) is 5.75 Å². The highest BCUT2D eigenvalue weighted by Crippen LogP contribution is 2.22. The zero-order chi connectivity index (χ0) is 18.6. The summed E-state index contributed by atoms with van der Waals surface area (Å²) in [7, 11) is 3.57. The zero-order valence-electron chi connectivity index (χ0n) is 16.5. The third-order valence-electron chi connectivity index (χ3n) is 4.60. The number of unbranched alkanes of at least 4 members (excludes halogenated alkanes) is 1. The maximum absolute atomic E-state index is 5.61. The summed E-state index contributed by atoms with van der Waals surface area (Å²) in [4.78, 5) is 9.16. The van der Waals surface area contributed by atoms with Crippen LogP contribution < -0.4 is 15.0 Å². The van der Waals surface area contributed by atoms with E-state index in [-0.39, 0.29) is 0 Å². The number of nitrogens with one attached hydrogen (secondary N) is 1. The second kappa shape index (κ2) is 11.6. The van der Waals surface area contributed by atoms with E-state index in [4.69, 9.17) is 9.47 Å². The van der Waals surface area contributed by atoms with Crippen LogP contribution in [0.4, 0.5) is 5.69 Å². The van der Waals surface area contributed by atoms with Crippen LogP contribution in [-0.2, 0) is 4.74 Å². The predicted molar refractivity (Wildman–Crippen MR) is 108 cm³/mol. The second-order valence-electron chi connectivity index (χ2n) is 6.47. The molecule has 1 aromatic rings. The first-order valence-electron chi connectivity index (χ1n) is 9.70. The van der Waals surface area contributed by atoms with Gasteiger partial charge < -0.3 is 24.6 Å². The number of benzene rings is 1. The molecule has 1 aromatic carbocycles. The topological polar surface area (TPSA) is 49.3 Å². The molecule has 0 aliphatic carbocycles. The molecule has 1 aliphatic heterocycles. The Morgan fingerprint density at radius 3 is 2.62 bits per heavy atom. The number of piperazine rings is 1. The van der Waals surface area contributed by atoms with E-state index >= 15 is 0 Å². The molecule has 0 unspecified atom stereocenters. The van der Waals surface area contributed by atoms with E-state index < -0.39 is 0 Å². The number of aliphatic imine (C=N–C) groups is 1. The van der Waals surface area contributed by atoms with Gasteiger partial charge in [0.05, 0.1) is 7.11 Å². The molecule has 0 radical (unpaired) electrons. The summed E-state index contributed by atoms with van der Waals surface area (Å²) in [5.41, 5.74) is 1.22. The van der Waals surface area contributed by atoms with E-state index in [1.54, 1.807) is 7.11 Å². The minimum Gasteiger partial charge on any atom is -0.497 e. The molecule has 1 heterocycles. The molecule has 26 heavy (non-hydrogen) atoms. The Kier molecular flexibility index (Phi) is 9.10. The summed E-state index contributed by atoms with van der Waals surface area (Å²) in [6.07, 6.45) is 3.34. The Labute approximate surface area is 158 Å². The van der Waals surface area contributed by atoms with Gasteiger partial charge in [0.2, 0.25) is 0 Å². The fourth-order valence-electron chi connectivity index (χ4n) is 3.04. The van der Waals surface area contributed by atoms with Crippen LogP contribution in [0.5, 0.6) is 5.75 Å². The molecule has 6 nitrogen and oxygen atoms in total. The first kappa shape index (κ1) is 20.4. The van der Waals surface area contributed by atoms with Crippen LogP contribution in [0.1, 0.15) is 26.2 Å². The van der Waals surface area contributed by atoms with Crippen molar-refractivity contribution >= 4 is 11.6 Å². The molecule has 1 saturated heterocycles. The standard InChI is InChI=1S/C20H34N4O2/c1-4-5-15-26-16-7-10-22-20(21-2)24-13-11-23(12-14-24)18-8-6-9-19(17-18)25-3/h6,8-9,17H,4-5,7,10-16H2,1-3H3,(H,21,22). The summed E-state index contributed by atoms with van der Waals surface area (Å²) in [5.74, 6) is 1.90. The Balaban J connectivity index is 1.71. The van der Waals surface area contributed by atoms with Crippen LogP contribution in [0.15, 0.2) is 29.3 Å². The van der Waals surface area contributed by atoms with Crippen molar-refractivity contribution in [1.82, 2.24) is 10.2 Å². The maximum Gasteiger partial charge on any atom is 0.193 e. The fraction of sp³-hybridized carbons (Fsp3) is 0.650. The van der Waals surface area contributed by atoms with Crippen LogP contribution in [-0.4, -0.2) is 71.0 Å². The third kappa shape index (κ3) is 6.41. The normalized spacial score (nSPS) is 15.3. The van der Waals surface area contributed by atoms with Gasteiger partial charge in [-0.25, -0.2) is 0 Å². The van der Waals surface area contributed by atoms with Crippen LogP contribution in [0.2, 0.25) is 0 Å². The molecule has 0 spiro atoms. The molecule has 6 heteroatoms. The van der Waals surface area contributed by atoms with Crippen molar-refractivity contribution in [1.29, 1.82) is 0 Å². The van der Waals surface area contributed by atoms with Gasteiger partial charge in [0.15, 0.2) is 5.96 Å². The largest absolute Gasteiger partial charge is 0.497 e. The van der Waals surface area contributed by atoms with Gasteiger partial charge in [-0.05, 0) is 25.0 Å². The average molecular weight is 363 g/mol. The van der Waals surface area contributed by atoms with E-state index in [9.17, 15) is 0 Å². The number of anilines is 1. The molecule has 0 bridgehead atoms. The van der Waals surface area contributed by atoms with E-state index in [1.807, 2.05) is 19.2 Å². The van der Waals surface area contributed by atoms with Crippen molar-refractivity contribution in [3.05, 3.63) is 24.3 Å². The lowest BCUT2D eigenvalue weighted by molar-refractivity contribution is 0.129. The molecular weight excluding hydrogens is 328 g/mol. The molecule has 2 rings (SSSR count). The monoisotopic (exact) mass is 362 g/mol. The highest BCUT2D eigenvalue weighted by molar-refractivity contribution is 5.80. The Morgan fingerprint density at radius 2 is 1.92 bits per heavy atom.